The number of piperazine rings is 1. The highest BCUT2D eigenvalue weighted by Crippen LogP contribution is 2.30. The molecular weight excluding hydrogens is 240 g/mol. The predicted octanol–water partition coefficient (Wildman–Crippen LogP) is 2.33. The van der Waals surface area contributed by atoms with Gasteiger partial charge in [-0.05, 0) is 31.6 Å². The summed E-state index contributed by atoms with van der Waals surface area (Å²) in [7, 11) is 0. The molecule has 1 rings (SSSR count). The van der Waals surface area contributed by atoms with Gasteiger partial charge in [-0.2, -0.15) is 0 Å². The molecule has 19 heavy (non-hydrogen) atoms. The second-order valence-electron chi connectivity index (χ2n) is 5.85. The van der Waals surface area contributed by atoms with Gasteiger partial charge in [0.25, 0.3) is 0 Å². The van der Waals surface area contributed by atoms with Crippen LogP contribution in [-0.2, 0) is 9.59 Å². The van der Waals surface area contributed by atoms with Crippen LogP contribution in [0.5, 0.6) is 0 Å². The SMILES string of the molecule is CCC1NC(=O)C(CC)(CC)N(CCC(C)C)C1=O. The maximum absolute atomic E-state index is 12.6. The van der Waals surface area contributed by atoms with Crippen molar-refractivity contribution >= 4 is 11.8 Å². The van der Waals surface area contributed by atoms with E-state index in [0.717, 1.165) is 6.42 Å². The second-order valence-corrected chi connectivity index (χ2v) is 5.85. The Labute approximate surface area is 116 Å². The van der Waals surface area contributed by atoms with Crippen LogP contribution in [0.4, 0.5) is 0 Å². The smallest absolute Gasteiger partial charge is 0.246 e. The third-order valence-corrected chi connectivity index (χ3v) is 4.32. The summed E-state index contributed by atoms with van der Waals surface area (Å²) in [6, 6.07) is -0.342. The molecule has 1 heterocycles. The summed E-state index contributed by atoms with van der Waals surface area (Å²) in [5, 5.41) is 2.90. The molecule has 1 aliphatic heterocycles. The highest BCUT2D eigenvalue weighted by molar-refractivity contribution is 5.99. The first kappa shape index (κ1) is 16.0. The van der Waals surface area contributed by atoms with Crippen LogP contribution in [0.25, 0.3) is 0 Å². The lowest BCUT2D eigenvalue weighted by Crippen LogP contribution is -2.70. The lowest BCUT2D eigenvalue weighted by molar-refractivity contribution is -0.158. The Bertz CT molecular complexity index is 335. The summed E-state index contributed by atoms with van der Waals surface area (Å²) in [6.45, 7) is 10.9. The van der Waals surface area contributed by atoms with Gasteiger partial charge in [-0.15, -0.1) is 0 Å². The molecule has 1 fully saturated rings. The topological polar surface area (TPSA) is 49.4 Å². The van der Waals surface area contributed by atoms with Crippen molar-refractivity contribution in [2.45, 2.75) is 71.9 Å². The molecule has 0 spiro atoms. The van der Waals surface area contributed by atoms with Gasteiger partial charge >= 0.3 is 0 Å². The second kappa shape index (κ2) is 6.40. The number of carbonyl (C=O) groups excluding carboxylic acids is 2. The first-order valence-electron chi connectivity index (χ1n) is 7.55. The third kappa shape index (κ3) is 2.93. The molecule has 0 aromatic heterocycles. The van der Waals surface area contributed by atoms with E-state index in [9.17, 15) is 9.59 Å². The van der Waals surface area contributed by atoms with Gasteiger partial charge in [0.15, 0.2) is 0 Å². The number of rotatable bonds is 6. The van der Waals surface area contributed by atoms with E-state index >= 15 is 0 Å². The number of hydrogen-bond donors (Lipinski definition) is 1. The summed E-state index contributed by atoms with van der Waals surface area (Å²) < 4.78 is 0. The van der Waals surface area contributed by atoms with Gasteiger partial charge in [-0.25, -0.2) is 0 Å². The molecule has 0 aromatic rings. The Hall–Kier alpha value is -1.06. The van der Waals surface area contributed by atoms with Crippen molar-refractivity contribution in [1.29, 1.82) is 0 Å². The van der Waals surface area contributed by atoms with E-state index in [1.165, 1.54) is 0 Å². The van der Waals surface area contributed by atoms with Crippen molar-refractivity contribution in [3.63, 3.8) is 0 Å². The Morgan fingerprint density at radius 3 is 2.21 bits per heavy atom. The quantitative estimate of drug-likeness (QED) is 0.803. The lowest BCUT2D eigenvalue weighted by Gasteiger charge is -2.47. The molecule has 0 bridgehead atoms. The first-order valence-corrected chi connectivity index (χ1v) is 7.55. The zero-order valence-electron chi connectivity index (χ0n) is 13.0. The maximum atomic E-state index is 12.6. The molecule has 0 aromatic carbocycles. The van der Waals surface area contributed by atoms with Crippen LogP contribution in [0.15, 0.2) is 0 Å². The van der Waals surface area contributed by atoms with Crippen LogP contribution >= 0.6 is 0 Å². The van der Waals surface area contributed by atoms with Crippen LogP contribution in [0.3, 0.4) is 0 Å². The Morgan fingerprint density at radius 1 is 1.21 bits per heavy atom. The first-order chi connectivity index (χ1) is 8.92. The molecule has 4 nitrogen and oxygen atoms in total. The van der Waals surface area contributed by atoms with Gasteiger partial charge in [-0.1, -0.05) is 34.6 Å². The molecule has 1 N–H and O–H groups in total. The molecule has 2 amide bonds. The summed E-state index contributed by atoms with van der Waals surface area (Å²) in [5.41, 5.74) is -0.641. The van der Waals surface area contributed by atoms with E-state index in [4.69, 9.17) is 0 Å². The van der Waals surface area contributed by atoms with E-state index in [1.807, 2.05) is 25.7 Å². The molecule has 110 valence electrons. The summed E-state index contributed by atoms with van der Waals surface area (Å²) in [5.74, 6) is 0.642. The normalized spacial score (nSPS) is 22.8. The van der Waals surface area contributed by atoms with Crippen molar-refractivity contribution in [2.24, 2.45) is 5.92 Å². The van der Waals surface area contributed by atoms with Crippen molar-refractivity contribution in [1.82, 2.24) is 10.2 Å². The van der Waals surface area contributed by atoms with E-state index in [0.29, 0.717) is 31.7 Å². The molecule has 0 radical (unpaired) electrons. The summed E-state index contributed by atoms with van der Waals surface area (Å²) >= 11 is 0. The number of nitrogens with zero attached hydrogens (tertiary/aromatic N) is 1. The van der Waals surface area contributed by atoms with Crippen LogP contribution in [0.2, 0.25) is 0 Å². The Kier molecular flexibility index (Phi) is 5.39. The Balaban J connectivity index is 3.04. The van der Waals surface area contributed by atoms with Crippen molar-refractivity contribution in [2.75, 3.05) is 6.54 Å². The predicted molar refractivity (Wildman–Crippen MR) is 76.7 cm³/mol. The van der Waals surface area contributed by atoms with Crippen LogP contribution < -0.4 is 5.32 Å². The third-order valence-electron chi connectivity index (χ3n) is 4.32. The van der Waals surface area contributed by atoms with Gasteiger partial charge in [0.05, 0.1) is 0 Å². The van der Waals surface area contributed by atoms with Crippen molar-refractivity contribution < 1.29 is 9.59 Å². The molecule has 1 saturated heterocycles. The molecular formula is C15H28N2O2. The number of nitrogens with one attached hydrogen (secondary N) is 1. The van der Waals surface area contributed by atoms with Crippen LogP contribution in [-0.4, -0.2) is 34.8 Å². The average Bonchev–Trinajstić information content (AvgIpc) is 2.39. The summed E-state index contributed by atoms with van der Waals surface area (Å²) in [4.78, 5) is 26.8. The van der Waals surface area contributed by atoms with Gasteiger partial charge in [0.2, 0.25) is 11.8 Å². The molecule has 1 unspecified atom stereocenters. The molecule has 1 aliphatic rings. The van der Waals surface area contributed by atoms with Crippen molar-refractivity contribution in [3.05, 3.63) is 0 Å². The minimum absolute atomic E-state index is 0.0210. The molecule has 0 aliphatic carbocycles. The fourth-order valence-electron chi connectivity index (χ4n) is 2.82. The molecule has 4 heteroatoms. The minimum Gasteiger partial charge on any atom is -0.342 e. The van der Waals surface area contributed by atoms with Crippen LogP contribution in [0, 0.1) is 5.92 Å². The number of carbonyl (C=O) groups is 2. The molecule has 0 saturated carbocycles. The summed E-state index contributed by atoms with van der Waals surface area (Å²) in [6.07, 6.45) is 2.95. The largest absolute Gasteiger partial charge is 0.342 e. The van der Waals surface area contributed by atoms with Crippen LogP contribution in [0.1, 0.15) is 60.3 Å². The maximum Gasteiger partial charge on any atom is 0.246 e. The highest BCUT2D eigenvalue weighted by Gasteiger charge is 2.49. The monoisotopic (exact) mass is 268 g/mol. The molecule has 1 atom stereocenters. The van der Waals surface area contributed by atoms with Gasteiger partial charge in [0, 0.05) is 6.54 Å². The fourth-order valence-corrected chi connectivity index (χ4v) is 2.82. The van der Waals surface area contributed by atoms with Crippen molar-refractivity contribution in [3.8, 4) is 0 Å². The standard InChI is InChI=1S/C15H28N2O2/c1-6-12-13(18)17(10-9-11(4)5)15(7-2,8-3)14(19)16-12/h11-12H,6-10H2,1-5H3,(H,16,19). The zero-order valence-corrected chi connectivity index (χ0v) is 13.0. The fraction of sp³-hybridized carbons (Fsp3) is 0.867. The van der Waals surface area contributed by atoms with Gasteiger partial charge in [0.1, 0.15) is 11.6 Å². The van der Waals surface area contributed by atoms with E-state index in [-0.39, 0.29) is 17.9 Å². The zero-order chi connectivity index (χ0) is 14.6. The van der Waals surface area contributed by atoms with Gasteiger partial charge in [-0.3, -0.25) is 9.59 Å². The lowest BCUT2D eigenvalue weighted by atomic mass is 9.85. The minimum atomic E-state index is -0.641. The number of hydrogen-bond acceptors (Lipinski definition) is 2. The van der Waals surface area contributed by atoms with E-state index in [1.54, 1.807) is 0 Å². The average molecular weight is 268 g/mol. The van der Waals surface area contributed by atoms with E-state index < -0.39 is 5.54 Å². The highest BCUT2D eigenvalue weighted by atomic mass is 16.2. The van der Waals surface area contributed by atoms with Gasteiger partial charge < -0.3 is 10.2 Å². The Morgan fingerprint density at radius 2 is 1.79 bits per heavy atom. The van der Waals surface area contributed by atoms with E-state index in [2.05, 4.69) is 19.2 Å². The number of amides is 2.